The van der Waals surface area contributed by atoms with Crippen LogP contribution in [0.15, 0.2) is 0 Å². The molecule has 4 heteroatoms. The lowest BCUT2D eigenvalue weighted by atomic mass is 10.4. The van der Waals surface area contributed by atoms with Crippen molar-refractivity contribution in [3.05, 3.63) is 0 Å². The highest BCUT2D eigenvalue weighted by atomic mass is 16.6. The van der Waals surface area contributed by atoms with Crippen LogP contribution in [-0.2, 0) is 4.74 Å². The van der Waals surface area contributed by atoms with Gasteiger partial charge in [-0.2, -0.15) is 0 Å². The average Bonchev–Trinajstić information content (AvgIpc) is 2.97. The summed E-state index contributed by atoms with van der Waals surface area (Å²) in [5.41, 5.74) is 0. The van der Waals surface area contributed by atoms with Crippen LogP contribution in [0, 0.1) is 18.3 Å². The van der Waals surface area contributed by atoms with Crippen LogP contribution in [0.3, 0.4) is 0 Å². The Morgan fingerprint density at radius 2 is 2.36 bits per heavy atom. The van der Waals surface area contributed by atoms with Gasteiger partial charge >= 0.3 is 6.09 Å². The molecule has 78 valence electrons. The molecule has 1 aliphatic rings. The Labute approximate surface area is 83.8 Å². The highest BCUT2D eigenvalue weighted by Gasteiger charge is 2.26. The normalized spacial score (nSPS) is 14.6. The van der Waals surface area contributed by atoms with E-state index in [-0.39, 0.29) is 19.8 Å². The van der Waals surface area contributed by atoms with Gasteiger partial charge in [0.1, 0.15) is 6.61 Å². The summed E-state index contributed by atoms with van der Waals surface area (Å²) < 4.78 is 4.78. The van der Waals surface area contributed by atoms with Crippen LogP contribution in [0.2, 0.25) is 0 Å². The van der Waals surface area contributed by atoms with Crippen LogP contribution >= 0.6 is 0 Å². The number of amides is 1. The third-order valence-electron chi connectivity index (χ3n) is 2.03. The predicted molar refractivity (Wildman–Crippen MR) is 51.6 cm³/mol. The van der Waals surface area contributed by atoms with Gasteiger partial charge in [0.25, 0.3) is 0 Å². The lowest BCUT2D eigenvalue weighted by Crippen LogP contribution is -2.34. The maximum absolute atomic E-state index is 11.4. The first-order valence-corrected chi connectivity index (χ1v) is 4.74. The molecule has 1 aliphatic carbocycles. The zero-order chi connectivity index (χ0) is 10.4. The van der Waals surface area contributed by atoms with Crippen LogP contribution in [0.4, 0.5) is 4.79 Å². The van der Waals surface area contributed by atoms with Crippen molar-refractivity contribution in [2.45, 2.75) is 12.8 Å². The molecular weight excluding hydrogens is 182 g/mol. The fourth-order valence-corrected chi connectivity index (χ4v) is 1.15. The van der Waals surface area contributed by atoms with Gasteiger partial charge in [-0.25, -0.2) is 4.79 Å². The summed E-state index contributed by atoms with van der Waals surface area (Å²) in [5.74, 6) is 3.01. The number of hydrogen-bond donors (Lipinski definition) is 1. The second kappa shape index (κ2) is 5.51. The number of nitrogens with zero attached hydrogens (tertiary/aromatic N) is 1. The number of carbonyl (C=O) groups is 1. The van der Waals surface area contributed by atoms with E-state index in [1.165, 1.54) is 4.90 Å². The topological polar surface area (TPSA) is 49.8 Å². The maximum atomic E-state index is 11.4. The Hall–Kier alpha value is -1.21. The lowest BCUT2D eigenvalue weighted by molar-refractivity contribution is 0.0866. The fraction of sp³-hybridized carbons (Fsp3) is 0.700. The Bertz CT molecular complexity index is 230. The van der Waals surface area contributed by atoms with Gasteiger partial charge < -0.3 is 9.84 Å². The Balaban J connectivity index is 2.31. The molecule has 0 aliphatic heterocycles. The van der Waals surface area contributed by atoms with Gasteiger partial charge in [0.05, 0.1) is 13.2 Å². The summed E-state index contributed by atoms with van der Waals surface area (Å²) in [7, 11) is 0. The minimum absolute atomic E-state index is 0.0323. The summed E-state index contributed by atoms with van der Waals surface area (Å²) in [6.45, 7) is 0.832. The van der Waals surface area contributed by atoms with Crippen molar-refractivity contribution < 1.29 is 14.6 Å². The SMILES string of the molecule is C#CCN(CC1CC1)C(=O)OCCO. The van der Waals surface area contributed by atoms with E-state index in [2.05, 4.69) is 5.92 Å². The summed E-state index contributed by atoms with van der Waals surface area (Å²) >= 11 is 0. The van der Waals surface area contributed by atoms with Crippen molar-refractivity contribution in [3.63, 3.8) is 0 Å². The van der Waals surface area contributed by atoms with Gasteiger partial charge in [0.2, 0.25) is 0 Å². The summed E-state index contributed by atoms with van der Waals surface area (Å²) in [6.07, 6.45) is 7.04. The van der Waals surface area contributed by atoms with E-state index >= 15 is 0 Å². The molecule has 4 nitrogen and oxygen atoms in total. The Kier molecular flexibility index (Phi) is 4.27. The number of aliphatic hydroxyl groups excluding tert-OH is 1. The molecule has 1 amide bonds. The van der Waals surface area contributed by atoms with E-state index in [1.807, 2.05) is 0 Å². The minimum Gasteiger partial charge on any atom is -0.447 e. The number of terminal acetylenes is 1. The van der Waals surface area contributed by atoms with E-state index in [9.17, 15) is 4.79 Å². The Morgan fingerprint density at radius 1 is 1.64 bits per heavy atom. The van der Waals surface area contributed by atoms with E-state index in [4.69, 9.17) is 16.3 Å². The van der Waals surface area contributed by atoms with Crippen molar-refractivity contribution in [3.8, 4) is 12.3 Å². The zero-order valence-electron chi connectivity index (χ0n) is 8.11. The van der Waals surface area contributed by atoms with Crippen molar-refractivity contribution >= 4 is 6.09 Å². The molecule has 0 atom stereocenters. The maximum Gasteiger partial charge on any atom is 0.410 e. The number of rotatable bonds is 5. The van der Waals surface area contributed by atoms with Crippen LogP contribution in [-0.4, -0.2) is 42.4 Å². The van der Waals surface area contributed by atoms with Crippen molar-refractivity contribution in [1.82, 2.24) is 4.90 Å². The largest absolute Gasteiger partial charge is 0.447 e. The van der Waals surface area contributed by atoms with Crippen molar-refractivity contribution in [2.24, 2.45) is 5.92 Å². The molecule has 0 radical (unpaired) electrons. The molecule has 0 heterocycles. The zero-order valence-corrected chi connectivity index (χ0v) is 8.11. The molecule has 1 saturated carbocycles. The molecule has 0 aromatic carbocycles. The third kappa shape index (κ3) is 3.67. The van der Waals surface area contributed by atoms with E-state index in [0.29, 0.717) is 12.5 Å². The monoisotopic (exact) mass is 197 g/mol. The first-order valence-electron chi connectivity index (χ1n) is 4.74. The second-order valence-corrected chi connectivity index (χ2v) is 3.37. The average molecular weight is 197 g/mol. The number of aliphatic hydroxyl groups is 1. The van der Waals surface area contributed by atoms with Gasteiger partial charge in [0, 0.05) is 6.54 Å². The molecule has 1 fully saturated rings. The molecule has 1 rings (SSSR count). The highest BCUT2D eigenvalue weighted by Crippen LogP contribution is 2.29. The van der Waals surface area contributed by atoms with Crippen LogP contribution in [0.1, 0.15) is 12.8 Å². The standard InChI is InChI=1S/C10H15NO3/c1-2-5-11(8-9-3-4-9)10(13)14-7-6-12/h1,9,12H,3-8H2. The number of hydrogen-bond acceptors (Lipinski definition) is 3. The van der Waals surface area contributed by atoms with Gasteiger partial charge in [0.15, 0.2) is 0 Å². The summed E-state index contributed by atoms with van der Waals surface area (Å²) in [4.78, 5) is 12.9. The lowest BCUT2D eigenvalue weighted by Gasteiger charge is -2.18. The molecule has 0 aromatic heterocycles. The first-order chi connectivity index (χ1) is 6.77. The van der Waals surface area contributed by atoms with Gasteiger partial charge in [-0.1, -0.05) is 5.92 Å². The van der Waals surface area contributed by atoms with Crippen LogP contribution in [0.25, 0.3) is 0 Å². The highest BCUT2D eigenvalue weighted by molar-refractivity contribution is 5.68. The first kappa shape index (κ1) is 10.9. The number of ether oxygens (including phenoxy) is 1. The molecule has 0 bridgehead atoms. The molecule has 14 heavy (non-hydrogen) atoms. The summed E-state index contributed by atoms with van der Waals surface area (Å²) in [6, 6.07) is 0. The van der Waals surface area contributed by atoms with E-state index in [0.717, 1.165) is 12.8 Å². The molecular formula is C10H15NO3. The molecule has 0 spiro atoms. The van der Waals surface area contributed by atoms with E-state index in [1.54, 1.807) is 0 Å². The quantitative estimate of drug-likeness (QED) is 0.651. The van der Waals surface area contributed by atoms with Gasteiger partial charge in [-0.3, -0.25) is 4.90 Å². The van der Waals surface area contributed by atoms with Gasteiger partial charge in [-0.15, -0.1) is 6.42 Å². The van der Waals surface area contributed by atoms with Gasteiger partial charge in [-0.05, 0) is 18.8 Å². The summed E-state index contributed by atoms with van der Waals surface area (Å²) in [5, 5.41) is 8.48. The Morgan fingerprint density at radius 3 is 2.86 bits per heavy atom. The second-order valence-electron chi connectivity index (χ2n) is 3.37. The van der Waals surface area contributed by atoms with Crippen molar-refractivity contribution in [2.75, 3.05) is 26.3 Å². The predicted octanol–water partition coefficient (Wildman–Crippen LogP) is 0.461. The van der Waals surface area contributed by atoms with Crippen LogP contribution < -0.4 is 0 Å². The fourth-order valence-electron chi connectivity index (χ4n) is 1.15. The number of carbonyl (C=O) groups excluding carboxylic acids is 1. The smallest absolute Gasteiger partial charge is 0.410 e. The van der Waals surface area contributed by atoms with E-state index < -0.39 is 6.09 Å². The molecule has 0 saturated heterocycles. The molecule has 0 aromatic rings. The van der Waals surface area contributed by atoms with Crippen molar-refractivity contribution in [1.29, 1.82) is 0 Å². The molecule has 1 N–H and O–H groups in total. The minimum atomic E-state index is -0.427. The van der Waals surface area contributed by atoms with Crippen LogP contribution in [0.5, 0.6) is 0 Å². The molecule has 0 unspecified atom stereocenters. The third-order valence-corrected chi connectivity index (χ3v) is 2.03.